The predicted octanol–water partition coefficient (Wildman–Crippen LogP) is 1.42. The molecule has 1 heterocycles. The lowest BCUT2D eigenvalue weighted by molar-refractivity contribution is 0.126. The second-order valence-electron chi connectivity index (χ2n) is 2.98. The Labute approximate surface area is 73.3 Å². The highest BCUT2D eigenvalue weighted by molar-refractivity contribution is 7.98. The van der Waals surface area contributed by atoms with Crippen LogP contribution in [0.15, 0.2) is 0 Å². The number of thioether (sulfide) groups is 1. The normalized spacial score (nSPS) is 26.2. The molecule has 0 aliphatic carbocycles. The van der Waals surface area contributed by atoms with E-state index in [1.807, 2.05) is 11.8 Å². The molecule has 0 aromatic carbocycles. The van der Waals surface area contributed by atoms with Gasteiger partial charge in [0.2, 0.25) is 0 Å². The van der Waals surface area contributed by atoms with Gasteiger partial charge in [0.1, 0.15) is 0 Å². The van der Waals surface area contributed by atoms with Crippen LogP contribution in [0.4, 0.5) is 0 Å². The van der Waals surface area contributed by atoms with E-state index in [0.29, 0.717) is 6.04 Å². The van der Waals surface area contributed by atoms with Gasteiger partial charge in [0, 0.05) is 19.0 Å². The molecule has 0 saturated carbocycles. The first-order valence-corrected chi connectivity index (χ1v) is 5.49. The summed E-state index contributed by atoms with van der Waals surface area (Å²) in [6.45, 7) is 2.16. The van der Waals surface area contributed by atoms with E-state index in [1.165, 1.54) is 19.4 Å². The predicted molar refractivity (Wildman–Crippen MR) is 50.0 cm³/mol. The van der Waals surface area contributed by atoms with Crippen molar-refractivity contribution >= 4 is 11.8 Å². The quantitative estimate of drug-likeness (QED) is 0.641. The number of rotatable bonds is 4. The highest BCUT2D eigenvalue weighted by Crippen LogP contribution is 2.18. The highest BCUT2D eigenvalue weighted by atomic mass is 32.2. The van der Waals surface area contributed by atoms with Gasteiger partial charge in [0.15, 0.2) is 0 Å². The third-order valence-corrected chi connectivity index (χ3v) is 2.74. The van der Waals surface area contributed by atoms with Gasteiger partial charge in [0.05, 0.1) is 6.61 Å². The second kappa shape index (κ2) is 5.01. The summed E-state index contributed by atoms with van der Waals surface area (Å²) in [5, 5.41) is 0. The van der Waals surface area contributed by atoms with E-state index in [1.54, 1.807) is 7.11 Å². The summed E-state index contributed by atoms with van der Waals surface area (Å²) in [6, 6.07) is 0.687. The van der Waals surface area contributed by atoms with E-state index in [0.717, 1.165) is 12.5 Å². The van der Waals surface area contributed by atoms with Crippen LogP contribution in [0.3, 0.4) is 0 Å². The molecule has 0 aromatic rings. The van der Waals surface area contributed by atoms with Crippen LogP contribution in [-0.2, 0) is 4.74 Å². The zero-order valence-corrected chi connectivity index (χ0v) is 8.19. The number of ether oxygens (including phenoxy) is 1. The molecule has 66 valence electrons. The highest BCUT2D eigenvalue weighted by Gasteiger charge is 2.23. The first-order chi connectivity index (χ1) is 5.38. The third kappa shape index (κ3) is 2.65. The Hall–Kier alpha value is 0.270. The topological polar surface area (TPSA) is 12.5 Å². The fraction of sp³-hybridized carbons (Fsp3) is 1.00. The second-order valence-corrected chi connectivity index (χ2v) is 3.82. The van der Waals surface area contributed by atoms with E-state index in [4.69, 9.17) is 4.74 Å². The van der Waals surface area contributed by atoms with Crippen molar-refractivity contribution < 1.29 is 4.74 Å². The Morgan fingerprint density at radius 2 is 2.45 bits per heavy atom. The molecule has 0 aromatic heterocycles. The minimum atomic E-state index is 0.687. The molecule has 0 radical (unpaired) electrons. The molecule has 0 amide bonds. The maximum Gasteiger partial charge on any atom is 0.0618 e. The fourth-order valence-electron chi connectivity index (χ4n) is 1.61. The molecule has 0 N–H and O–H groups in total. The van der Waals surface area contributed by atoms with Crippen molar-refractivity contribution in [1.82, 2.24) is 4.90 Å². The molecule has 3 heteroatoms. The van der Waals surface area contributed by atoms with Gasteiger partial charge in [-0.2, -0.15) is 0 Å². The molecule has 1 rings (SSSR count). The summed E-state index contributed by atoms with van der Waals surface area (Å²) in [4.78, 5) is 2.51. The molecule has 1 saturated heterocycles. The minimum absolute atomic E-state index is 0.687. The molecule has 11 heavy (non-hydrogen) atoms. The standard InChI is InChI=1S/C8H17NOS/c1-10-6-8-4-3-5-9(8)7-11-2/h8H,3-7H2,1-2H3. The van der Waals surface area contributed by atoms with E-state index >= 15 is 0 Å². The molecular formula is C8H17NOS. The largest absolute Gasteiger partial charge is 0.383 e. The van der Waals surface area contributed by atoms with Gasteiger partial charge in [-0.3, -0.25) is 4.90 Å². The van der Waals surface area contributed by atoms with Crippen LogP contribution in [0.5, 0.6) is 0 Å². The monoisotopic (exact) mass is 175 g/mol. The summed E-state index contributed by atoms with van der Waals surface area (Å²) < 4.78 is 5.15. The van der Waals surface area contributed by atoms with E-state index in [-0.39, 0.29) is 0 Å². The number of likely N-dealkylation sites (tertiary alicyclic amines) is 1. The number of hydrogen-bond donors (Lipinski definition) is 0. The molecule has 2 nitrogen and oxygen atoms in total. The molecule has 0 bridgehead atoms. The van der Waals surface area contributed by atoms with Crippen molar-refractivity contribution in [2.75, 3.05) is 32.4 Å². The van der Waals surface area contributed by atoms with Gasteiger partial charge in [-0.1, -0.05) is 0 Å². The first-order valence-electron chi connectivity index (χ1n) is 4.10. The Bertz CT molecular complexity index is 98.3. The van der Waals surface area contributed by atoms with Gasteiger partial charge in [-0.25, -0.2) is 0 Å². The maximum atomic E-state index is 5.15. The Morgan fingerprint density at radius 1 is 1.64 bits per heavy atom. The first kappa shape index (κ1) is 9.36. The summed E-state index contributed by atoms with van der Waals surface area (Å²) in [7, 11) is 1.79. The van der Waals surface area contributed by atoms with Crippen LogP contribution in [0, 0.1) is 0 Å². The summed E-state index contributed by atoms with van der Waals surface area (Å²) in [6.07, 6.45) is 4.81. The summed E-state index contributed by atoms with van der Waals surface area (Å²) in [5.41, 5.74) is 0. The number of nitrogens with zero attached hydrogens (tertiary/aromatic N) is 1. The van der Waals surface area contributed by atoms with Gasteiger partial charge >= 0.3 is 0 Å². The van der Waals surface area contributed by atoms with E-state index < -0.39 is 0 Å². The zero-order valence-electron chi connectivity index (χ0n) is 7.38. The zero-order chi connectivity index (χ0) is 8.10. The Morgan fingerprint density at radius 3 is 3.09 bits per heavy atom. The molecule has 1 unspecified atom stereocenters. The molecular weight excluding hydrogens is 158 g/mol. The van der Waals surface area contributed by atoms with Gasteiger partial charge in [-0.15, -0.1) is 11.8 Å². The van der Waals surface area contributed by atoms with Gasteiger partial charge < -0.3 is 4.74 Å². The van der Waals surface area contributed by atoms with Crippen molar-refractivity contribution in [3.05, 3.63) is 0 Å². The van der Waals surface area contributed by atoms with Crippen LogP contribution in [-0.4, -0.2) is 43.3 Å². The average molecular weight is 175 g/mol. The fourth-order valence-corrected chi connectivity index (χ4v) is 2.28. The van der Waals surface area contributed by atoms with Gasteiger partial charge in [0.25, 0.3) is 0 Å². The lowest BCUT2D eigenvalue weighted by Crippen LogP contribution is -2.32. The van der Waals surface area contributed by atoms with Crippen molar-refractivity contribution in [3.63, 3.8) is 0 Å². The summed E-state index contributed by atoms with van der Waals surface area (Å²) >= 11 is 1.90. The molecule has 1 aliphatic heterocycles. The molecule has 1 atom stereocenters. The van der Waals surface area contributed by atoms with Crippen LogP contribution in [0.1, 0.15) is 12.8 Å². The molecule has 1 aliphatic rings. The van der Waals surface area contributed by atoms with Gasteiger partial charge in [-0.05, 0) is 25.6 Å². The van der Waals surface area contributed by atoms with Crippen molar-refractivity contribution in [3.8, 4) is 0 Å². The maximum absolute atomic E-state index is 5.15. The lowest BCUT2D eigenvalue weighted by Gasteiger charge is -2.22. The van der Waals surface area contributed by atoms with Crippen LogP contribution >= 0.6 is 11.8 Å². The van der Waals surface area contributed by atoms with Crippen molar-refractivity contribution in [2.24, 2.45) is 0 Å². The molecule has 1 fully saturated rings. The number of hydrogen-bond acceptors (Lipinski definition) is 3. The van der Waals surface area contributed by atoms with Crippen LogP contribution in [0.2, 0.25) is 0 Å². The van der Waals surface area contributed by atoms with Crippen LogP contribution < -0.4 is 0 Å². The SMILES string of the molecule is COCC1CCCN1CSC. The van der Waals surface area contributed by atoms with Crippen molar-refractivity contribution in [2.45, 2.75) is 18.9 Å². The van der Waals surface area contributed by atoms with Crippen molar-refractivity contribution in [1.29, 1.82) is 0 Å². The van der Waals surface area contributed by atoms with E-state index in [2.05, 4.69) is 11.2 Å². The Balaban J connectivity index is 2.25. The summed E-state index contributed by atoms with van der Waals surface area (Å²) in [5.74, 6) is 1.16. The number of methoxy groups -OCH3 is 1. The lowest BCUT2D eigenvalue weighted by atomic mass is 10.2. The van der Waals surface area contributed by atoms with E-state index in [9.17, 15) is 0 Å². The smallest absolute Gasteiger partial charge is 0.0618 e. The average Bonchev–Trinajstić information content (AvgIpc) is 2.39. The molecule has 0 spiro atoms. The van der Waals surface area contributed by atoms with Crippen LogP contribution in [0.25, 0.3) is 0 Å². The third-order valence-electron chi connectivity index (χ3n) is 2.15. The Kier molecular flexibility index (Phi) is 4.26. The minimum Gasteiger partial charge on any atom is -0.383 e.